The molecule has 0 atom stereocenters. The molecule has 0 N–H and O–H groups in total. The Morgan fingerprint density at radius 3 is 1.47 bits per heavy atom. The molecule has 0 aromatic heterocycles. The summed E-state index contributed by atoms with van der Waals surface area (Å²) in [5, 5.41) is 0. The Kier molecular flexibility index (Phi) is 3.75. The molecule has 0 amide bonds. The molecule has 1 aliphatic rings. The van der Waals surface area contributed by atoms with Crippen molar-refractivity contribution in [2.75, 3.05) is 13.2 Å². The van der Waals surface area contributed by atoms with Crippen molar-refractivity contribution < 1.29 is 4.74 Å². The van der Waals surface area contributed by atoms with Gasteiger partial charge in [0.2, 0.25) is 0 Å². The van der Waals surface area contributed by atoms with Crippen LogP contribution in [0.1, 0.15) is 11.1 Å². The van der Waals surface area contributed by atoms with Gasteiger partial charge in [0.15, 0.2) is 0 Å². The Morgan fingerprint density at radius 1 is 0.632 bits per heavy atom. The maximum Gasteiger partial charge on any atom is 0.0688 e. The SMILES string of the molecule is c1ccc(CC2=C(Cc3ccccc3)COC2)cc1. The highest BCUT2D eigenvalue weighted by molar-refractivity contribution is 5.32. The van der Waals surface area contributed by atoms with Crippen molar-refractivity contribution in [3.63, 3.8) is 0 Å². The first kappa shape index (κ1) is 12.2. The predicted molar refractivity (Wildman–Crippen MR) is 78.1 cm³/mol. The van der Waals surface area contributed by atoms with Gasteiger partial charge in [0, 0.05) is 0 Å². The molecule has 1 heterocycles. The maximum atomic E-state index is 5.64. The molecule has 19 heavy (non-hydrogen) atoms. The summed E-state index contributed by atoms with van der Waals surface area (Å²) >= 11 is 0. The third-order valence-corrected chi connectivity index (χ3v) is 3.57. The van der Waals surface area contributed by atoms with Crippen LogP contribution in [-0.4, -0.2) is 13.2 Å². The van der Waals surface area contributed by atoms with Crippen molar-refractivity contribution in [2.45, 2.75) is 12.8 Å². The molecular formula is C18H18O. The second-order valence-corrected chi connectivity index (χ2v) is 5.02. The largest absolute Gasteiger partial charge is 0.373 e. The molecule has 0 aliphatic carbocycles. The van der Waals surface area contributed by atoms with Gasteiger partial charge in [-0.25, -0.2) is 0 Å². The molecule has 2 aromatic rings. The van der Waals surface area contributed by atoms with Gasteiger partial charge in [0.1, 0.15) is 0 Å². The lowest BCUT2D eigenvalue weighted by molar-refractivity contribution is 0.203. The van der Waals surface area contributed by atoms with Gasteiger partial charge in [-0.3, -0.25) is 0 Å². The molecule has 2 aromatic carbocycles. The molecule has 0 spiro atoms. The summed E-state index contributed by atoms with van der Waals surface area (Å²) in [6.45, 7) is 1.58. The predicted octanol–water partition coefficient (Wildman–Crippen LogP) is 3.80. The van der Waals surface area contributed by atoms with Crippen LogP contribution in [0.15, 0.2) is 71.8 Å². The summed E-state index contributed by atoms with van der Waals surface area (Å²) in [5.41, 5.74) is 5.65. The fourth-order valence-corrected chi connectivity index (χ4v) is 2.54. The standard InChI is InChI=1S/C18H18O/c1-3-7-15(8-4-1)11-17-13-19-14-18(17)12-16-9-5-2-6-10-16/h1-10H,11-14H2. The van der Waals surface area contributed by atoms with E-state index in [9.17, 15) is 0 Å². The number of benzene rings is 2. The lowest BCUT2D eigenvalue weighted by atomic mass is 9.97. The van der Waals surface area contributed by atoms with E-state index in [1.54, 1.807) is 0 Å². The van der Waals surface area contributed by atoms with E-state index in [4.69, 9.17) is 4.74 Å². The molecular weight excluding hydrogens is 232 g/mol. The maximum absolute atomic E-state index is 5.64. The topological polar surface area (TPSA) is 9.23 Å². The Balaban J connectivity index is 1.77. The average Bonchev–Trinajstić information content (AvgIpc) is 2.88. The normalized spacial score (nSPS) is 14.9. The lowest BCUT2D eigenvalue weighted by Gasteiger charge is -2.06. The molecule has 1 nitrogen and oxygen atoms in total. The summed E-state index contributed by atoms with van der Waals surface area (Å²) in [6.07, 6.45) is 2.03. The van der Waals surface area contributed by atoms with Gasteiger partial charge in [-0.2, -0.15) is 0 Å². The van der Waals surface area contributed by atoms with Crippen LogP contribution in [-0.2, 0) is 17.6 Å². The van der Waals surface area contributed by atoms with Gasteiger partial charge >= 0.3 is 0 Å². The van der Waals surface area contributed by atoms with Crippen molar-refractivity contribution in [2.24, 2.45) is 0 Å². The lowest BCUT2D eigenvalue weighted by Crippen LogP contribution is -1.97. The minimum Gasteiger partial charge on any atom is -0.373 e. The Morgan fingerprint density at radius 2 is 1.05 bits per heavy atom. The molecule has 1 aliphatic heterocycles. The van der Waals surface area contributed by atoms with Gasteiger partial charge in [0.05, 0.1) is 13.2 Å². The third kappa shape index (κ3) is 3.12. The Bertz CT molecular complexity index is 503. The van der Waals surface area contributed by atoms with E-state index in [0.29, 0.717) is 0 Å². The summed E-state index contributed by atoms with van der Waals surface area (Å²) in [7, 11) is 0. The highest BCUT2D eigenvalue weighted by Crippen LogP contribution is 2.22. The van der Waals surface area contributed by atoms with E-state index in [0.717, 1.165) is 26.1 Å². The summed E-state index contributed by atoms with van der Waals surface area (Å²) < 4.78 is 5.64. The Labute approximate surface area is 114 Å². The van der Waals surface area contributed by atoms with Gasteiger partial charge in [0.25, 0.3) is 0 Å². The number of rotatable bonds is 4. The summed E-state index contributed by atoms with van der Waals surface area (Å²) in [5.74, 6) is 0. The van der Waals surface area contributed by atoms with Crippen LogP contribution >= 0.6 is 0 Å². The van der Waals surface area contributed by atoms with Crippen molar-refractivity contribution in [1.29, 1.82) is 0 Å². The van der Waals surface area contributed by atoms with Gasteiger partial charge < -0.3 is 4.74 Å². The minimum atomic E-state index is 0.789. The van der Waals surface area contributed by atoms with Crippen molar-refractivity contribution in [3.05, 3.63) is 82.9 Å². The molecule has 0 fully saturated rings. The zero-order valence-electron chi connectivity index (χ0n) is 11.0. The summed E-state index contributed by atoms with van der Waals surface area (Å²) in [6, 6.07) is 21.3. The minimum absolute atomic E-state index is 0.789. The van der Waals surface area contributed by atoms with Gasteiger partial charge in [-0.15, -0.1) is 0 Å². The van der Waals surface area contributed by atoms with E-state index in [-0.39, 0.29) is 0 Å². The van der Waals surface area contributed by atoms with Crippen molar-refractivity contribution in [1.82, 2.24) is 0 Å². The van der Waals surface area contributed by atoms with Crippen LogP contribution in [0.3, 0.4) is 0 Å². The first-order valence-electron chi connectivity index (χ1n) is 6.77. The molecule has 0 unspecified atom stereocenters. The highest BCUT2D eigenvalue weighted by atomic mass is 16.5. The number of ether oxygens (including phenoxy) is 1. The van der Waals surface area contributed by atoms with Crippen LogP contribution in [0.4, 0.5) is 0 Å². The number of hydrogen-bond acceptors (Lipinski definition) is 1. The molecule has 0 saturated carbocycles. The fourth-order valence-electron chi connectivity index (χ4n) is 2.54. The molecule has 3 rings (SSSR count). The zero-order valence-corrected chi connectivity index (χ0v) is 11.0. The number of hydrogen-bond donors (Lipinski definition) is 0. The van der Waals surface area contributed by atoms with Crippen LogP contribution in [0, 0.1) is 0 Å². The van der Waals surface area contributed by atoms with E-state index in [1.165, 1.54) is 22.3 Å². The second kappa shape index (κ2) is 5.85. The average molecular weight is 250 g/mol. The van der Waals surface area contributed by atoms with Crippen molar-refractivity contribution >= 4 is 0 Å². The fraction of sp³-hybridized carbons (Fsp3) is 0.222. The van der Waals surface area contributed by atoms with Crippen LogP contribution in [0.2, 0.25) is 0 Å². The van der Waals surface area contributed by atoms with E-state index in [2.05, 4.69) is 60.7 Å². The monoisotopic (exact) mass is 250 g/mol. The van der Waals surface area contributed by atoms with Crippen LogP contribution in [0.25, 0.3) is 0 Å². The smallest absolute Gasteiger partial charge is 0.0688 e. The first-order chi connectivity index (χ1) is 9.42. The molecule has 0 saturated heterocycles. The first-order valence-corrected chi connectivity index (χ1v) is 6.77. The van der Waals surface area contributed by atoms with Crippen LogP contribution < -0.4 is 0 Å². The molecule has 1 heteroatoms. The van der Waals surface area contributed by atoms with E-state index < -0.39 is 0 Å². The summed E-state index contributed by atoms with van der Waals surface area (Å²) in [4.78, 5) is 0. The highest BCUT2D eigenvalue weighted by Gasteiger charge is 2.15. The van der Waals surface area contributed by atoms with Crippen LogP contribution in [0.5, 0.6) is 0 Å². The molecule has 0 radical (unpaired) electrons. The van der Waals surface area contributed by atoms with E-state index >= 15 is 0 Å². The van der Waals surface area contributed by atoms with Gasteiger partial charge in [-0.05, 0) is 35.1 Å². The quantitative estimate of drug-likeness (QED) is 0.750. The Hall–Kier alpha value is -1.86. The third-order valence-electron chi connectivity index (χ3n) is 3.57. The molecule has 96 valence electrons. The van der Waals surface area contributed by atoms with Gasteiger partial charge in [-0.1, -0.05) is 60.7 Å². The zero-order chi connectivity index (χ0) is 12.9. The second-order valence-electron chi connectivity index (χ2n) is 5.02. The molecule has 0 bridgehead atoms. The van der Waals surface area contributed by atoms with Crippen molar-refractivity contribution in [3.8, 4) is 0 Å². The van der Waals surface area contributed by atoms with E-state index in [1.807, 2.05) is 0 Å².